The molecule has 0 aliphatic carbocycles. The molecule has 0 aromatic heterocycles. The van der Waals surface area contributed by atoms with Gasteiger partial charge in [0, 0.05) is 18.4 Å². The van der Waals surface area contributed by atoms with Crippen LogP contribution in [-0.4, -0.2) is 38.9 Å². The first kappa shape index (κ1) is 18.1. The van der Waals surface area contributed by atoms with Crippen molar-refractivity contribution < 1.29 is 19.0 Å². The molecule has 1 amide bonds. The second kappa shape index (κ2) is 9.10. The van der Waals surface area contributed by atoms with E-state index < -0.39 is 0 Å². The Morgan fingerprint density at radius 2 is 2.12 bits per heavy atom. The molecule has 1 unspecified atom stereocenters. The lowest BCUT2D eigenvalue weighted by atomic mass is 10.2. The fraction of sp³-hybridized carbons (Fsp3) is 0.350. The van der Waals surface area contributed by atoms with E-state index in [-0.39, 0.29) is 18.6 Å². The summed E-state index contributed by atoms with van der Waals surface area (Å²) in [7, 11) is 1.61. The van der Waals surface area contributed by atoms with Crippen molar-refractivity contribution in [3.05, 3.63) is 48.5 Å². The zero-order valence-electron chi connectivity index (χ0n) is 14.9. The summed E-state index contributed by atoms with van der Waals surface area (Å²) in [6.45, 7) is 1.44. The molecule has 138 valence electrons. The molecule has 0 radical (unpaired) electrons. The molecule has 2 aromatic carbocycles. The minimum atomic E-state index is -0.152. The second-order valence-corrected chi connectivity index (χ2v) is 6.08. The summed E-state index contributed by atoms with van der Waals surface area (Å²) in [4.78, 5) is 12.3. The number of carbonyl (C=O) groups excluding carboxylic acids is 1. The number of hydrogen-bond acceptors (Lipinski definition) is 5. The zero-order chi connectivity index (χ0) is 18.2. The van der Waals surface area contributed by atoms with Gasteiger partial charge in [0.15, 0.2) is 0 Å². The van der Waals surface area contributed by atoms with Crippen LogP contribution in [0.25, 0.3) is 0 Å². The summed E-state index contributed by atoms with van der Waals surface area (Å²) in [6.07, 6.45) is 2.22. The topological polar surface area (TPSA) is 68.8 Å². The van der Waals surface area contributed by atoms with Crippen LogP contribution in [0.15, 0.2) is 48.5 Å². The van der Waals surface area contributed by atoms with Crippen molar-refractivity contribution in [2.45, 2.75) is 18.9 Å². The van der Waals surface area contributed by atoms with Crippen molar-refractivity contribution in [1.82, 2.24) is 0 Å². The molecule has 2 aromatic rings. The molecule has 1 atom stereocenters. The molecule has 0 bridgehead atoms. The van der Waals surface area contributed by atoms with E-state index in [0.717, 1.165) is 30.9 Å². The van der Waals surface area contributed by atoms with Gasteiger partial charge in [0.05, 0.1) is 25.4 Å². The summed E-state index contributed by atoms with van der Waals surface area (Å²) in [5, 5.41) is 5.97. The van der Waals surface area contributed by atoms with Crippen LogP contribution >= 0.6 is 0 Å². The van der Waals surface area contributed by atoms with E-state index in [4.69, 9.17) is 14.2 Å². The number of ether oxygens (including phenoxy) is 3. The molecular formula is C20H24N2O4. The minimum Gasteiger partial charge on any atom is -0.497 e. The van der Waals surface area contributed by atoms with E-state index in [1.807, 2.05) is 48.5 Å². The van der Waals surface area contributed by atoms with Gasteiger partial charge in [-0.05, 0) is 37.1 Å². The number of rotatable bonds is 8. The molecule has 26 heavy (non-hydrogen) atoms. The molecule has 3 rings (SSSR count). The summed E-state index contributed by atoms with van der Waals surface area (Å²) in [5.74, 6) is 1.24. The van der Waals surface area contributed by atoms with Crippen LogP contribution in [0.4, 0.5) is 11.4 Å². The fourth-order valence-electron chi connectivity index (χ4n) is 2.76. The molecule has 1 aliphatic rings. The molecule has 1 saturated heterocycles. The maximum Gasteiger partial charge on any atom is 0.243 e. The van der Waals surface area contributed by atoms with Crippen molar-refractivity contribution in [3.63, 3.8) is 0 Å². The predicted molar refractivity (Wildman–Crippen MR) is 101 cm³/mol. The number of nitrogens with one attached hydrogen (secondary N) is 2. The third kappa shape index (κ3) is 5.13. The third-order valence-electron chi connectivity index (χ3n) is 4.13. The van der Waals surface area contributed by atoms with Gasteiger partial charge in [-0.25, -0.2) is 0 Å². The van der Waals surface area contributed by atoms with E-state index >= 15 is 0 Å². The first-order valence-electron chi connectivity index (χ1n) is 8.76. The van der Waals surface area contributed by atoms with Crippen LogP contribution < -0.4 is 20.1 Å². The number of hydrogen-bond donors (Lipinski definition) is 2. The zero-order valence-corrected chi connectivity index (χ0v) is 14.9. The van der Waals surface area contributed by atoms with Crippen molar-refractivity contribution in [3.8, 4) is 11.5 Å². The summed E-state index contributed by atoms with van der Waals surface area (Å²) in [5.41, 5.74) is 1.48. The molecule has 1 heterocycles. The van der Waals surface area contributed by atoms with Gasteiger partial charge in [-0.1, -0.05) is 18.2 Å². The van der Waals surface area contributed by atoms with E-state index in [1.54, 1.807) is 7.11 Å². The Balaban J connectivity index is 1.53. The Labute approximate surface area is 153 Å². The number of methoxy groups -OCH3 is 1. The Morgan fingerprint density at radius 3 is 2.92 bits per heavy atom. The third-order valence-corrected chi connectivity index (χ3v) is 4.13. The summed E-state index contributed by atoms with van der Waals surface area (Å²) < 4.78 is 16.6. The van der Waals surface area contributed by atoms with E-state index in [1.165, 1.54) is 0 Å². The number of para-hydroxylation sites is 2. The predicted octanol–water partition coefficient (Wildman–Crippen LogP) is 3.30. The number of anilines is 2. The van der Waals surface area contributed by atoms with Crippen LogP contribution in [0.3, 0.4) is 0 Å². The van der Waals surface area contributed by atoms with Gasteiger partial charge >= 0.3 is 0 Å². The van der Waals surface area contributed by atoms with Gasteiger partial charge in [0.25, 0.3) is 0 Å². The average molecular weight is 356 g/mol. The normalized spacial score (nSPS) is 16.1. The van der Waals surface area contributed by atoms with Crippen molar-refractivity contribution >= 4 is 17.3 Å². The molecule has 2 N–H and O–H groups in total. The van der Waals surface area contributed by atoms with E-state index in [9.17, 15) is 4.79 Å². The smallest absolute Gasteiger partial charge is 0.243 e. The summed E-state index contributed by atoms with van der Waals surface area (Å²) >= 11 is 0. The number of amides is 1. The molecule has 6 nitrogen and oxygen atoms in total. The van der Waals surface area contributed by atoms with Gasteiger partial charge in [-0.3, -0.25) is 4.79 Å². The van der Waals surface area contributed by atoms with Crippen molar-refractivity contribution in [2.24, 2.45) is 0 Å². The highest BCUT2D eigenvalue weighted by Crippen LogP contribution is 2.25. The molecule has 1 aliphatic heterocycles. The Bertz CT molecular complexity index is 729. The molecule has 1 fully saturated rings. The van der Waals surface area contributed by atoms with Gasteiger partial charge in [0.2, 0.25) is 5.91 Å². The molecule has 0 saturated carbocycles. The van der Waals surface area contributed by atoms with E-state index in [0.29, 0.717) is 18.0 Å². The number of carbonyl (C=O) groups is 1. The maximum absolute atomic E-state index is 12.3. The summed E-state index contributed by atoms with van der Waals surface area (Å²) in [6, 6.07) is 14.9. The second-order valence-electron chi connectivity index (χ2n) is 6.08. The van der Waals surface area contributed by atoms with Crippen LogP contribution in [0.2, 0.25) is 0 Å². The SMILES string of the molecule is COc1cccc(NCC(=O)Nc2ccccc2OCC2CCCO2)c1. The quantitative estimate of drug-likeness (QED) is 0.759. The monoisotopic (exact) mass is 356 g/mol. The van der Waals surface area contributed by atoms with Gasteiger partial charge in [-0.15, -0.1) is 0 Å². The highest BCUT2D eigenvalue weighted by Gasteiger charge is 2.17. The average Bonchev–Trinajstić information content (AvgIpc) is 3.19. The lowest BCUT2D eigenvalue weighted by molar-refractivity contribution is -0.114. The Kier molecular flexibility index (Phi) is 6.33. The standard InChI is InChI=1S/C20H24N2O4/c1-24-16-7-4-6-15(12-16)21-13-20(23)22-18-9-2-3-10-19(18)26-14-17-8-5-11-25-17/h2-4,6-7,9-10,12,17,21H,5,8,11,13-14H2,1H3,(H,22,23). The van der Waals surface area contributed by atoms with Gasteiger partial charge in [0.1, 0.15) is 18.1 Å². The van der Waals surface area contributed by atoms with Crippen LogP contribution in [0, 0.1) is 0 Å². The molecular weight excluding hydrogens is 332 g/mol. The highest BCUT2D eigenvalue weighted by atomic mass is 16.5. The highest BCUT2D eigenvalue weighted by molar-refractivity contribution is 5.95. The maximum atomic E-state index is 12.3. The van der Waals surface area contributed by atoms with Crippen LogP contribution in [0.5, 0.6) is 11.5 Å². The Morgan fingerprint density at radius 1 is 1.23 bits per heavy atom. The van der Waals surface area contributed by atoms with Crippen molar-refractivity contribution in [1.29, 1.82) is 0 Å². The van der Waals surface area contributed by atoms with Crippen molar-refractivity contribution in [2.75, 3.05) is 37.5 Å². The van der Waals surface area contributed by atoms with E-state index in [2.05, 4.69) is 10.6 Å². The fourth-order valence-corrected chi connectivity index (χ4v) is 2.76. The minimum absolute atomic E-state index is 0.133. The lowest BCUT2D eigenvalue weighted by Crippen LogP contribution is -2.22. The lowest BCUT2D eigenvalue weighted by Gasteiger charge is -2.15. The Hall–Kier alpha value is -2.73. The largest absolute Gasteiger partial charge is 0.497 e. The van der Waals surface area contributed by atoms with Gasteiger partial charge in [-0.2, -0.15) is 0 Å². The first-order chi connectivity index (χ1) is 12.7. The number of benzene rings is 2. The molecule has 0 spiro atoms. The van der Waals surface area contributed by atoms with Crippen LogP contribution in [0.1, 0.15) is 12.8 Å². The van der Waals surface area contributed by atoms with Crippen LogP contribution in [-0.2, 0) is 9.53 Å². The molecule has 6 heteroatoms. The van der Waals surface area contributed by atoms with Gasteiger partial charge < -0.3 is 24.8 Å². The first-order valence-corrected chi connectivity index (χ1v) is 8.76.